The van der Waals surface area contributed by atoms with Crippen molar-refractivity contribution in [2.75, 3.05) is 6.61 Å². The minimum Gasteiger partial charge on any atom is -0.396 e. The fourth-order valence-electron chi connectivity index (χ4n) is 2.10. The van der Waals surface area contributed by atoms with Crippen molar-refractivity contribution in [2.45, 2.75) is 25.9 Å². The fourth-order valence-corrected chi connectivity index (χ4v) is 2.30. The minimum absolute atomic E-state index is 0.181. The highest BCUT2D eigenvalue weighted by molar-refractivity contribution is 6.30. The molecule has 108 valence electrons. The van der Waals surface area contributed by atoms with E-state index in [0.29, 0.717) is 11.7 Å². The lowest BCUT2D eigenvalue weighted by atomic mass is 10.1. The van der Waals surface area contributed by atoms with E-state index in [1.807, 2.05) is 44.3 Å². The maximum atomic E-state index is 8.94. The number of benzene rings is 1. The highest BCUT2D eigenvalue weighted by Gasteiger charge is 2.16. The van der Waals surface area contributed by atoms with Crippen LogP contribution in [0.1, 0.15) is 18.9 Å². The Bertz CT molecular complexity index is 554. The molecule has 1 aromatic heterocycles. The van der Waals surface area contributed by atoms with E-state index in [1.165, 1.54) is 0 Å². The summed E-state index contributed by atoms with van der Waals surface area (Å²) in [5.41, 5.74) is 2.95. The van der Waals surface area contributed by atoms with Gasteiger partial charge in [0, 0.05) is 37.4 Å². The number of aliphatic hydroxyl groups is 1. The third-order valence-corrected chi connectivity index (χ3v) is 3.78. The van der Waals surface area contributed by atoms with Gasteiger partial charge in [-0.15, -0.1) is 0 Å². The fraction of sp³-hybridized carbons (Fsp3) is 0.400. The first-order valence-electron chi connectivity index (χ1n) is 6.74. The van der Waals surface area contributed by atoms with Crippen molar-refractivity contribution in [3.63, 3.8) is 0 Å². The first kappa shape index (κ1) is 15.0. The molecule has 0 aliphatic rings. The summed E-state index contributed by atoms with van der Waals surface area (Å²) in [4.78, 5) is 0. The van der Waals surface area contributed by atoms with E-state index in [4.69, 9.17) is 16.7 Å². The number of aryl methyl sites for hydroxylation is 1. The van der Waals surface area contributed by atoms with Gasteiger partial charge in [-0.1, -0.05) is 41.9 Å². The lowest BCUT2D eigenvalue weighted by Gasteiger charge is -2.12. The highest BCUT2D eigenvalue weighted by Crippen LogP contribution is 2.28. The quantitative estimate of drug-likeness (QED) is 0.861. The Labute approximate surface area is 124 Å². The predicted molar refractivity (Wildman–Crippen MR) is 81.7 cm³/mol. The van der Waals surface area contributed by atoms with E-state index in [1.54, 1.807) is 4.68 Å². The van der Waals surface area contributed by atoms with Gasteiger partial charge in [-0.25, -0.2) is 0 Å². The standard InChI is InChI=1S/C15H20ClN3O/c1-11(8-9-20)17-10-13-14(18-19(2)15(13)16)12-6-4-3-5-7-12/h3-7,11,17,20H,8-10H2,1-2H3/t11-/m1/s1. The summed E-state index contributed by atoms with van der Waals surface area (Å²) in [6.07, 6.45) is 0.721. The molecule has 1 atom stereocenters. The SMILES string of the molecule is C[C@H](CCO)NCc1c(-c2ccccc2)nn(C)c1Cl. The van der Waals surface area contributed by atoms with Crippen LogP contribution in [-0.2, 0) is 13.6 Å². The topological polar surface area (TPSA) is 50.1 Å². The van der Waals surface area contributed by atoms with Crippen LogP contribution in [0.4, 0.5) is 0 Å². The van der Waals surface area contributed by atoms with E-state index in [0.717, 1.165) is 23.2 Å². The van der Waals surface area contributed by atoms with Crippen LogP contribution >= 0.6 is 11.6 Å². The molecule has 20 heavy (non-hydrogen) atoms. The van der Waals surface area contributed by atoms with Gasteiger partial charge in [0.1, 0.15) is 5.15 Å². The Balaban J connectivity index is 2.23. The normalized spacial score (nSPS) is 12.6. The lowest BCUT2D eigenvalue weighted by molar-refractivity contribution is 0.268. The molecule has 2 N–H and O–H groups in total. The second kappa shape index (κ2) is 6.88. The zero-order valence-corrected chi connectivity index (χ0v) is 12.6. The van der Waals surface area contributed by atoms with Crippen molar-refractivity contribution in [3.8, 4) is 11.3 Å². The zero-order chi connectivity index (χ0) is 14.5. The smallest absolute Gasteiger partial charge is 0.131 e. The van der Waals surface area contributed by atoms with Crippen LogP contribution in [0.3, 0.4) is 0 Å². The number of nitrogens with zero attached hydrogens (tertiary/aromatic N) is 2. The van der Waals surface area contributed by atoms with E-state index in [-0.39, 0.29) is 12.6 Å². The predicted octanol–water partition coefficient (Wildman–Crippen LogP) is 2.60. The molecule has 5 heteroatoms. The van der Waals surface area contributed by atoms with Gasteiger partial charge in [-0.3, -0.25) is 4.68 Å². The van der Waals surface area contributed by atoms with Crippen LogP contribution in [0, 0.1) is 0 Å². The Morgan fingerprint density at radius 1 is 1.35 bits per heavy atom. The molecule has 2 rings (SSSR count). The molecule has 0 unspecified atom stereocenters. The van der Waals surface area contributed by atoms with Gasteiger partial charge < -0.3 is 10.4 Å². The van der Waals surface area contributed by atoms with E-state index < -0.39 is 0 Å². The molecule has 4 nitrogen and oxygen atoms in total. The molecule has 1 heterocycles. The molecule has 0 radical (unpaired) electrons. The van der Waals surface area contributed by atoms with Crippen molar-refractivity contribution in [1.82, 2.24) is 15.1 Å². The number of nitrogens with one attached hydrogen (secondary N) is 1. The number of halogens is 1. The Morgan fingerprint density at radius 3 is 2.70 bits per heavy atom. The molecule has 0 aliphatic heterocycles. The van der Waals surface area contributed by atoms with Crippen LogP contribution in [0.15, 0.2) is 30.3 Å². The Morgan fingerprint density at radius 2 is 2.05 bits per heavy atom. The molecule has 0 bridgehead atoms. The second-order valence-corrected chi connectivity index (χ2v) is 5.26. The van der Waals surface area contributed by atoms with Gasteiger partial charge in [0.2, 0.25) is 0 Å². The van der Waals surface area contributed by atoms with Crippen molar-refractivity contribution in [2.24, 2.45) is 7.05 Å². The van der Waals surface area contributed by atoms with Gasteiger partial charge in [-0.2, -0.15) is 5.10 Å². The van der Waals surface area contributed by atoms with Crippen molar-refractivity contribution in [1.29, 1.82) is 0 Å². The average molecular weight is 294 g/mol. The van der Waals surface area contributed by atoms with E-state index in [9.17, 15) is 0 Å². The first-order chi connectivity index (χ1) is 9.63. The van der Waals surface area contributed by atoms with Crippen molar-refractivity contribution in [3.05, 3.63) is 41.0 Å². The number of rotatable bonds is 6. The van der Waals surface area contributed by atoms with E-state index >= 15 is 0 Å². The van der Waals surface area contributed by atoms with Crippen LogP contribution in [-0.4, -0.2) is 27.5 Å². The van der Waals surface area contributed by atoms with Gasteiger partial charge in [0.15, 0.2) is 0 Å². The molecule has 2 aromatic rings. The summed E-state index contributed by atoms with van der Waals surface area (Å²) < 4.78 is 1.69. The van der Waals surface area contributed by atoms with Crippen LogP contribution in [0.5, 0.6) is 0 Å². The summed E-state index contributed by atoms with van der Waals surface area (Å²) >= 11 is 6.34. The molecule has 0 aliphatic carbocycles. The summed E-state index contributed by atoms with van der Waals surface area (Å²) in [7, 11) is 1.84. The molecule has 0 saturated heterocycles. The first-order valence-corrected chi connectivity index (χ1v) is 7.12. The number of aromatic nitrogens is 2. The molecular formula is C15H20ClN3O. The molecule has 0 saturated carbocycles. The monoisotopic (exact) mass is 293 g/mol. The number of aliphatic hydroxyl groups excluding tert-OH is 1. The second-order valence-electron chi connectivity index (χ2n) is 4.90. The zero-order valence-electron chi connectivity index (χ0n) is 11.8. The van der Waals surface area contributed by atoms with Gasteiger partial charge in [0.25, 0.3) is 0 Å². The molecular weight excluding hydrogens is 274 g/mol. The van der Waals surface area contributed by atoms with E-state index in [2.05, 4.69) is 10.4 Å². The summed E-state index contributed by atoms with van der Waals surface area (Å²) in [6, 6.07) is 10.3. The molecule has 1 aromatic carbocycles. The Kier molecular flexibility index (Phi) is 5.17. The number of hydrogen-bond acceptors (Lipinski definition) is 3. The maximum absolute atomic E-state index is 8.94. The third kappa shape index (κ3) is 3.39. The van der Waals surface area contributed by atoms with Gasteiger partial charge >= 0.3 is 0 Å². The van der Waals surface area contributed by atoms with Crippen molar-refractivity contribution >= 4 is 11.6 Å². The summed E-state index contributed by atoms with van der Waals surface area (Å²) in [5.74, 6) is 0. The lowest BCUT2D eigenvalue weighted by Crippen LogP contribution is -2.26. The molecule has 0 amide bonds. The summed E-state index contributed by atoms with van der Waals surface area (Å²) in [5, 5.41) is 17.5. The van der Waals surface area contributed by atoms with Crippen LogP contribution in [0.25, 0.3) is 11.3 Å². The number of hydrogen-bond donors (Lipinski definition) is 2. The van der Waals surface area contributed by atoms with Crippen LogP contribution < -0.4 is 5.32 Å². The van der Waals surface area contributed by atoms with Crippen molar-refractivity contribution < 1.29 is 5.11 Å². The minimum atomic E-state index is 0.181. The van der Waals surface area contributed by atoms with Crippen LogP contribution in [0.2, 0.25) is 5.15 Å². The van der Waals surface area contributed by atoms with Gasteiger partial charge in [0.05, 0.1) is 5.69 Å². The van der Waals surface area contributed by atoms with Gasteiger partial charge in [-0.05, 0) is 13.3 Å². The third-order valence-electron chi connectivity index (χ3n) is 3.31. The highest BCUT2D eigenvalue weighted by atomic mass is 35.5. The largest absolute Gasteiger partial charge is 0.396 e. The maximum Gasteiger partial charge on any atom is 0.131 e. The molecule has 0 spiro atoms. The summed E-state index contributed by atoms with van der Waals surface area (Å²) in [6.45, 7) is 2.86. The average Bonchev–Trinajstić information content (AvgIpc) is 2.74. The Hall–Kier alpha value is -1.36. The molecule has 0 fully saturated rings.